The zero-order valence-electron chi connectivity index (χ0n) is 11.9. The second-order valence-corrected chi connectivity index (χ2v) is 5.02. The Labute approximate surface area is 130 Å². The Morgan fingerprint density at radius 2 is 1.87 bits per heavy atom. The van der Waals surface area contributed by atoms with Crippen LogP contribution in [-0.2, 0) is 4.79 Å². The Kier molecular flexibility index (Phi) is 5.43. The zero-order valence-corrected chi connectivity index (χ0v) is 11.9. The molecule has 4 atom stereocenters. The van der Waals surface area contributed by atoms with Gasteiger partial charge in [0.05, 0.1) is 0 Å². The van der Waals surface area contributed by atoms with Gasteiger partial charge in [-0.1, -0.05) is 0 Å². The van der Waals surface area contributed by atoms with Crippen molar-refractivity contribution in [3.63, 3.8) is 0 Å². The highest BCUT2D eigenvalue weighted by Gasteiger charge is 2.31. The fraction of sp³-hybridized carbons (Fsp3) is 0.333. The number of anilines is 1. The number of aldehydes is 1. The van der Waals surface area contributed by atoms with E-state index in [0.717, 1.165) is 0 Å². The van der Waals surface area contributed by atoms with Crippen LogP contribution in [-0.4, -0.2) is 52.6 Å². The van der Waals surface area contributed by atoms with Crippen LogP contribution in [0.2, 0.25) is 0 Å². The van der Waals surface area contributed by atoms with Gasteiger partial charge in [0.1, 0.15) is 42.9 Å². The van der Waals surface area contributed by atoms with E-state index in [0.29, 0.717) is 17.4 Å². The molecule has 4 N–H and O–H groups in total. The summed E-state index contributed by atoms with van der Waals surface area (Å²) >= 11 is 0. The van der Waals surface area contributed by atoms with Gasteiger partial charge in [0.25, 0.3) is 0 Å². The SMILES string of the molecule is O=C[C@@H](Nc1ccc2ccc(=O)oc2c1)[C@@H](O)[C@H](O)[C@H](O)CF. The van der Waals surface area contributed by atoms with Crippen LogP contribution >= 0.6 is 0 Å². The van der Waals surface area contributed by atoms with Crippen LogP contribution in [0, 0.1) is 0 Å². The van der Waals surface area contributed by atoms with Crippen molar-refractivity contribution in [2.75, 3.05) is 12.0 Å². The summed E-state index contributed by atoms with van der Waals surface area (Å²) in [7, 11) is 0. The molecule has 2 rings (SSSR count). The standard InChI is InChI=1S/C15H16FNO6/c16-6-11(19)15(22)14(21)10(7-18)17-9-3-1-8-2-4-13(20)23-12(8)5-9/h1-5,7,10-11,14-15,17,19,21-22H,6H2/t10-,11-,14-,15-/m1/s1. The highest BCUT2D eigenvalue weighted by Crippen LogP contribution is 2.19. The van der Waals surface area contributed by atoms with E-state index in [9.17, 15) is 29.3 Å². The monoisotopic (exact) mass is 325 g/mol. The number of aliphatic hydroxyl groups excluding tert-OH is 3. The molecule has 0 aliphatic carbocycles. The number of hydrogen-bond acceptors (Lipinski definition) is 7. The van der Waals surface area contributed by atoms with Crippen molar-refractivity contribution in [3.8, 4) is 0 Å². The summed E-state index contributed by atoms with van der Waals surface area (Å²) < 4.78 is 17.3. The predicted molar refractivity (Wildman–Crippen MR) is 80.0 cm³/mol. The Bertz CT molecular complexity index is 733. The quantitative estimate of drug-likeness (QED) is 0.412. The molecule has 0 unspecified atom stereocenters. The van der Waals surface area contributed by atoms with Gasteiger partial charge in [-0.2, -0.15) is 0 Å². The smallest absolute Gasteiger partial charge is 0.336 e. The van der Waals surface area contributed by atoms with E-state index in [-0.39, 0.29) is 5.58 Å². The summed E-state index contributed by atoms with van der Waals surface area (Å²) in [5.41, 5.74) is 0.0685. The minimum Gasteiger partial charge on any atom is -0.423 e. The summed E-state index contributed by atoms with van der Waals surface area (Å²) in [5.74, 6) is 0. The van der Waals surface area contributed by atoms with Gasteiger partial charge in [0.15, 0.2) is 0 Å². The van der Waals surface area contributed by atoms with Gasteiger partial charge in [-0.15, -0.1) is 0 Å². The van der Waals surface area contributed by atoms with E-state index >= 15 is 0 Å². The molecule has 8 heteroatoms. The lowest BCUT2D eigenvalue weighted by Crippen LogP contribution is -2.48. The number of carbonyl (C=O) groups excluding carboxylic acids is 1. The molecule has 0 aliphatic rings. The Morgan fingerprint density at radius 3 is 2.52 bits per heavy atom. The Balaban J connectivity index is 2.21. The lowest BCUT2D eigenvalue weighted by molar-refractivity contribution is -0.116. The van der Waals surface area contributed by atoms with Crippen LogP contribution in [0.5, 0.6) is 0 Å². The second kappa shape index (κ2) is 7.32. The Morgan fingerprint density at radius 1 is 1.17 bits per heavy atom. The lowest BCUT2D eigenvalue weighted by Gasteiger charge is -2.26. The van der Waals surface area contributed by atoms with Gasteiger partial charge in [0.2, 0.25) is 0 Å². The molecule has 0 spiro atoms. The van der Waals surface area contributed by atoms with E-state index in [2.05, 4.69) is 5.32 Å². The summed E-state index contributed by atoms with van der Waals surface area (Å²) in [6, 6.07) is 6.18. The highest BCUT2D eigenvalue weighted by atomic mass is 19.1. The maximum Gasteiger partial charge on any atom is 0.336 e. The van der Waals surface area contributed by atoms with Crippen molar-refractivity contribution in [3.05, 3.63) is 40.8 Å². The van der Waals surface area contributed by atoms with Gasteiger partial charge < -0.3 is 29.8 Å². The fourth-order valence-electron chi connectivity index (χ4n) is 2.07. The molecule has 1 aromatic heterocycles. The number of aliphatic hydroxyl groups is 3. The van der Waals surface area contributed by atoms with E-state index in [4.69, 9.17) is 4.42 Å². The van der Waals surface area contributed by atoms with Crippen molar-refractivity contribution >= 4 is 22.9 Å². The molecule has 0 fully saturated rings. The first kappa shape index (κ1) is 17.1. The van der Waals surface area contributed by atoms with Gasteiger partial charge in [-0.05, 0) is 18.2 Å². The van der Waals surface area contributed by atoms with Crippen molar-refractivity contribution in [2.45, 2.75) is 24.4 Å². The third-order valence-corrected chi connectivity index (χ3v) is 3.37. The molecule has 2 aromatic rings. The molecule has 0 bridgehead atoms. The summed E-state index contributed by atoms with van der Waals surface area (Å²) in [6.07, 6.45) is -5.04. The third-order valence-electron chi connectivity index (χ3n) is 3.37. The molecule has 1 aromatic carbocycles. The van der Waals surface area contributed by atoms with Crippen LogP contribution in [0.15, 0.2) is 39.5 Å². The topological polar surface area (TPSA) is 120 Å². The predicted octanol–water partition coefficient (Wildman–Crippen LogP) is -0.175. The van der Waals surface area contributed by atoms with E-state index < -0.39 is 36.7 Å². The average molecular weight is 325 g/mol. The molecule has 0 aliphatic heterocycles. The van der Waals surface area contributed by atoms with E-state index in [1.54, 1.807) is 18.2 Å². The van der Waals surface area contributed by atoms with Crippen molar-refractivity contribution in [2.24, 2.45) is 0 Å². The number of benzene rings is 1. The fourth-order valence-corrected chi connectivity index (χ4v) is 2.07. The number of alkyl halides is 1. The molecule has 23 heavy (non-hydrogen) atoms. The average Bonchev–Trinajstić information content (AvgIpc) is 2.57. The summed E-state index contributed by atoms with van der Waals surface area (Å²) in [5, 5.41) is 31.9. The van der Waals surface area contributed by atoms with Gasteiger partial charge in [-0.25, -0.2) is 9.18 Å². The first-order valence-corrected chi connectivity index (χ1v) is 6.82. The molecular formula is C15H16FNO6. The van der Waals surface area contributed by atoms with E-state index in [1.165, 1.54) is 12.1 Å². The number of fused-ring (bicyclic) bond motifs is 1. The zero-order chi connectivity index (χ0) is 17.0. The number of halogens is 1. The van der Waals surface area contributed by atoms with Crippen LogP contribution < -0.4 is 10.9 Å². The number of rotatable bonds is 7. The second-order valence-electron chi connectivity index (χ2n) is 5.02. The maximum atomic E-state index is 12.3. The first-order valence-electron chi connectivity index (χ1n) is 6.82. The van der Waals surface area contributed by atoms with E-state index in [1.807, 2.05) is 0 Å². The normalized spacial score (nSPS) is 16.5. The largest absolute Gasteiger partial charge is 0.423 e. The molecule has 0 saturated carbocycles. The van der Waals surface area contributed by atoms with Crippen molar-refractivity contribution < 1.29 is 28.9 Å². The number of carbonyl (C=O) groups is 1. The highest BCUT2D eigenvalue weighted by molar-refractivity contribution is 5.81. The van der Waals surface area contributed by atoms with Gasteiger partial charge in [-0.3, -0.25) is 0 Å². The molecular weight excluding hydrogens is 309 g/mol. The summed E-state index contributed by atoms with van der Waals surface area (Å²) in [4.78, 5) is 22.3. The van der Waals surface area contributed by atoms with Crippen LogP contribution in [0.1, 0.15) is 0 Å². The van der Waals surface area contributed by atoms with Crippen molar-refractivity contribution in [1.29, 1.82) is 0 Å². The molecule has 0 saturated heterocycles. The summed E-state index contributed by atoms with van der Waals surface area (Å²) in [6.45, 7) is -1.26. The third kappa shape index (κ3) is 3.92. The molecule has 0 amide bonds. The van der Waals surface area contributed by atoms with Crippen LogP contribution in [0.3, 0.4) is 0 Å². The maximum absolute atomic E-state index is 12.3. The minimum absolute atomic E-state index is 0.269. The molecule has 1 heterocycles. The first-order chi connectivity index (χ1) is 11.0. The van der Waals surface area contributed by atoms with Gasteiger partial charge >= 0.3 is 5.63 Å². The molecule has 7 nitrogen and oxygen atoms in total. The molecule has 124 valence electrons. The lowest BCUT2D eigenvalue weighted by atomic mass is 10.0. The minimum atomic E-state index is -1.83. The van der Waals surface area contributed by atoms with Crippen LogP contribution in [0.25, 0.3) is 11.0 Å². The van der Waals surface area contributed by atoms with Gasteiger partial charge in [0, 0.05) is 23.2 Å². The molecule has 0 radical (unpaired) electrons. The van der Waals surface area contributed by atoms with Crippen LogP contribution in [0.4, 0.5) is 10.1 Å². The van der Waals surface area contributed by atoms with Crippen molar-refractivity contribution in [1.82, 2.24) is 0 Å². The Hall–Kier alpha value is -2.29. The number of hydrogen-bond donors (Lipinski definition) is 4. The number of nitrogens with one attached hydrogen (secondary N) is 1.